The summed E-state index contributed by atoms with van der Waals surface area (Å²) in [5.74, 6) is 0. The Labute approximate surface area is 82.9 Å². The van der Waals surface area contributed by atoms with Crippen LogP contribution in [0.3, 0.4) is 0 Å². The summed E-state index contributed by atoms with van der Waals surface area (Å²) in [6.45, 7) is 0. The summed E-state index contributed by atoms with van der Waals surface area (Å²) in [6, 6.07) is 6.55. The minimum Gasteiger partial charge on any atom is -0.171 e. The van der Waals surface area contributed by atoms with Crippen LogP contribution in [0.1, 0.15) is 11.1 Å². The molecule has 0 saturated carbocycles. The standard InChI is InChI=1S/C9H8BrF3/c10-6-8-4-2-1-3-7(8)5-9(11,12)13/h1-4H,5-6H2. The van der Waals surface area contributed by atoms with Crippen molar-refractivity contribution < 1.29 is 13.2 Å². The third-order valence-corrected chi connectivity index (χ3v) is 2.26. The van der Waals surface area contributed by atoms with Gasteiger partial charge in [-0.15, -0.1) is 0 Å². The second-order valence-electron chi connectivity index (χ2n) is 2.69. The van der Waals surface area contributed by atoms with Gasteiger partial charge in [0.25, 0.3) is 0 Å². The van der Waals surface area contributed by atoms with E-state index in [1.807, 2.05) is 0 Å². The average molecular weight is 253 g/mol. The molecular weight excluding hydrogens is 245 g/mol. The van der Waals surface area contributed by atoms with Gasteiger partial charge in [-0.25, -0.2) is 0 Å². The summed E-state index contributed by atoms with van der Waals surface area (Å²) in [6.07, 6.45) is -4.98. The number of benzene rings is 1. The predicted molar refractivity (Wildman–Crippen MR) is 48.8 cm³/mol. The van der Waals surface area contributed by atoms with Crippen LogP contribution in [0, 0.1) is 0 Å². The molecule has 0 spiro atoms. The van der Waals surface area contributed by atoms with Gasteiger partial charge in [-0.1, -0.05) is 40.2 Å². The van der Waals surface area contributed by atoms with E-state index in [9.17, 15) is 13.2 Å². The zero-order chi connectivity index (χ0) is 9.90. The quantitative estimate of drug-likeness (QED) is 0.705. The molecule has 0 N–H and O–H groups in total. The van der Waals surface area contributed by atoms with Crippen molar-refractivity contribution in [2.75, 3.05) is 0 Å². The summed E-state index contributed by atoms with van der Waals surface area (Å²) >= 11 is 3.15. The second-order valence-corrected chi connectivity index (χ2v) is 3.26. The molecule has 0 saturated heterocycles. The first-order valence-electron chi connectivity index (χ1n) is 3.72. The van der Waals surface area contributed by atoms with Crippen LogP contribution in [0.25, 0.3) is 0 Å². The first-order valence-corrected chi connectivity index (χ1v) is 4.84. The van der Waals surface area contributed by atoms with Crippen molar-refractivity contribution >= 4 is 15.9 Å². The first kappa shape index (κ1) is 10.6. The van der Waals surface area contributed by atoms with Gasteiger partial charge in [-0.05, 0) is 11.1 Å². The van der Waals surface area contributed by atoms with Crippen LogP contribution in [0.5, 0.6) is 0 Å². The van der Waals surface area contributed by atoms with E-state index in [1.165, 1.54) is 6.07 Å². The minimum atomic E-state index is -4.13. The maximum atomic E-state index is 12.0. The highest BCUT2D eigenvalue weighted by atomic mass is 79.9. The normalized spacial score (nSPS) is 11.7. The Balaban J connectivity index is 2.87. The monoisotopic (exact) mass is 252 g/mol. The van der Waals surface area contributed by atoms with Gasteiger partial charge >= 0.3 is 6.18 Å². The predicted octanol–water partition coefficient (Wildman–Crippen LogP) is 3.69. The summed E-state index contributed by atoms with van der Waals surface area (Å²) in [7, 11) is 0. The van der Waals surface area contributed by atoms with Crippen molar-refractivity contribution in [3.63, 3.8) is 0 Å². The van der Waals surface area contributed by atoms with Crippen molar-refractivity contribution in [1.82, 2.24) is 0 Å². The SMILES string of the molecule is FC(F)(F)Cc1ccccc1CBr. The van der Waals surface area contributed by atoms with E-state index in [-0.39, 0.29) is 0 Å². The lowest BCUT2D eigenvalue weighted by molar-refractivity contribution is -0.127. The number of alkyl halides is 4. The molecule has 0 nitrogen and oxygen atoms in total. The Hall–Kier alpha value is -0.510. The van der Waals surface area contributed by atoms with Crippen LogP contribution in [-0.2, 0) is 11.8 Å². The van der Waals surface area contributed by atoms with Gasteiger partial charge in [-0.2, -0.15) is 13.2 Å². The summed E-state index contributed by atoms with van der Waals surface area (Å²) in [4.78, 5) is 0. The second kappa shape index (κ2) is 4.13. The van der Waals surface area contributed by atoms with Gasteiger partial charge in [0.1, 0.15) is 0 Å². The zero-order valence-corrected chi connectivity index (χ0v) is 8.32. The Morgan fingerprint density at radius 2 is 1.62 bits per heavy atom. The fourth-order valence-electron chi connectivity index (χ4n) is 1.08. The van der Waals surface area contributed by atoms with Crippen LogP contribution in [0.2, 0.25) is 0 Å². The molecule has 0 aliphatic rings. The largest absolute Gasteiger partial charge is 0.393 e. The van der Waals surface area contributed by atoms with Gasteiger partial charge in [0, 0.05) is 5.33 Å². The molecule has 4 heteroatoms. The lowest BCUT2D eigenvalue weighted by atomic mass is 10.1. The maximum absolute atomic E-state index is 12.0. The van der Waals surface area contributed by atoms with Crippen molar-refractivity contribution in [1.29, 1.82) is 0 Å². The molecule has 0 aliphatic heterocycles. The molecule has 0 bridgehead atoms. The molecule has 0 amide bonds. The Bertz CT molecular complexity index is 280. The molecule has 0 heterocycles. The third kappa shape index (κ3) is 3.38. The Morgan fingerprint density at radius 1 is 1.08 bits per heavy atom. The molecule has 13 heavy (non-hydrogen) atoms. The molecule has 0 radical (unpaired) electrons. The Kier molecular flexibility index (Phi) is 3.36. The van der Waals surface area contributed by atoms with Gasteiger partial charge in [0.05, 0.1) is 6.42 Å². The van der Waals surface area contributed by atoms with E-state index in [0.29, 0.717) is 16.5 Å². The van der Waals surface area contributed by atoms with E-state index >= 15 is 0 Å². The fraction of sp³-hybridized carbons (Fsp3) is 0.333. The van der Waals surface area contributed by atoms with Crippen LogP contribution < -0.4 is 0 Å². The summed E-state index contributed by atoms with van der Waals surface area (Å²) in [5.41, 5.74) is 1.03. The van der Waals surface area contributed by atoms with Crippen molar-refractivity contribution in [2.45, 2.75) is 17.9 Å². The smallest absolute Gasteiger partial charge is 0.171 e. The van der Waals surface area contributed by atoms with E-state index in [4.69, 9.17) is 0 Å². The molecule has 1 aromatic rings. The number of hydrogen-bond acceptors (Lipinski definition) is 0. The fourth-order valence-corrected chi connectivity index (χ4v) is 1.62. The van der Waals surface area contributed by atoms with Gasteiger partial charge < -0.3 is 0 Å². The highest BCUT2D eigenvalue weighted by Gasteiger charge is 2.28. The maximum Gasteiger partial charge on any atom is 0.393 e. The molecule has 1 aromatic carbocycles. The molecule has 0 aromatic heterocycles. The number of hydrogen-bond donors (Lipinski definition) is 0. The van der Waals surface area contributed by atoms with E-state index in [2.05, 4.69) is 15.9 Å². The topological polar surface area (TPSA) is 0 Å². The molecule has 0 aliphatic carbocycles. The molecule has 72 valence electrons. The molecule has 0 atom stereocenters. The van der Waals surface area contributed by atoms with Crippen molar-refractivity contribution in [3.8, 4) is 0 Å². The highest BCUT2D eigenvalue weighted by molar-refractivity contribution is 9.08. The lowest BCUT2D eigenvalue weighted by Crippen LogP contribution is -2.12. The van der Waals surface area contributed by atoms with E-state index < -0.39 is 12.6 Å². The zero-order valence-electron chi connectivity index (χ0n) is 6.74. The van der Waals surface area contributed by atoms with Crippen molar-refractivity contribution in [3.05, 3.63) is 35.4 Å². The molecule has 1 rings (SSSR count). The Morgan fingerprint density at radius 3 is 2.08 bits per heavy atom. The number of rotatable bonds is 2. The van der Waals surface area contributed by atoms with Gasteiger partial charge in [0.15, 0.2) is 0 Å². The summed E-state index contributed by atoms with van der Waals surface area (Å²) in [5, 5.41) is 0.458. The van der Waals surface area contributed by atoms with Gasteiger partial charge in [-0.3, -0.25) is 0 Å². The summed E-state index contributed by atoms with van der Waals surface area (Å²) < 4.78 is 36.1. The minimum absolute atomic E-state index is 0.340. The molecule has 0 fully saturated rings. The highest BCUT2D eigenvalue weighted by Crippen LogP contribution is 2.24. The number of halogens is 4. The molecule has 0 unspecified atom stereocenters. The van der Waals surface area contributed by atoms with Crippen molar-refractivity contribution in [2.24, 2.45) is 0 Å². The van der Waals surface area contributed by atoms with Crippen LogP contribution in [0.15, 0.2) is 24.3 Å². The van der Waals surface area contributed by atoms with Crippen LogP contribution >= 0.6 is 15.9 Å². The molecular formula is C9H8BrF3. The first-order chi connectivity index (χ1) is 6.03. The van der Waals surface area contributed by atoms with E-state index in [0.717, 1.165) is 0 Å². The lowest BCUT2D eigenvalue weighted by Gasteiger charge is -2.09. The van der Waals surface area contributed by atoms with E-state index in [1.54, 1.807) is 18.2 Å². The third-order valence-electron chi connectivity index (χ3n) is 1.65. The van der Waals surface area contributed by atoms with Crippen LogP contribution in [0.4, 0.5) is 13.2 Å². The van der Waals surface area contributed by atoms with Crippen LogP contribution in [-0.4, -0.2) is 6.18 Å². The average Bonchev–Trinajstić information content (AvgIpc) is 2.02. The van der Waals surface area contributed by atoms with Gasteiger partial charge in [0.2, 0.25) is 0 Å².